The van der Waals surface area contributed by atoms with Crippen LogP contribution in [0.25, 0.3) is 0 Å². The molecule has 0 bridgehead atoms. The van der Waals surface area contributed by atoms with E-state index in [0.717, 1.165) is 55.7 Å². The van der Waals surface area contributed by atoms with E-state index in [4.69, 9.17) is 13.3 Å². The summed E-state index contributed by atoms with van der Waals surface area (Å²) in [6, 6.07) is 0. The fourth-order valence-corrected chi connectivity index (χ4v) is 18.3. The van der Waals surface area contributed by atoms with E-state index in [0.29, 0.717) is 28.6 Å². The lowest BCUT2D eigenvalue weighted by atomic mass is 10.2. The largest absolute Gasteiger partial charge is 0.414 e. The fraction of sp³-hybridized carbons (Fsp3) is 0.815. The Kier molecular flexibility index (Phi) is 41.0. The summed E-state index contributed by atoms with van der Waals surface area (Å²) < 4.78 is 20.3. The van der Waals surface area contributed by atoms with Gasteiger partial charge in [0.1, 0.15) is 12.6 Å². The molecular formula is C54H106O6S6Si3. The molecule has 4 atom stereocenters. The Hall–Kier alpha value is 0.891. The first kappa shape index (κ1) is 72.0. The van der Waals surface area contributed by atoms with Gasteiger partial charge in [0, 0.05) is 17.9 Å². The number of carbonyl (C=O) groups excluding carboxylic acids is 2. The molecule has 0 aromatic heterocycles. The zero-order valence-corrected chi connectivity index (χ0v) is 54.9. The van der Waals surface area contributed by atoms with E-state index < -0.39 is 25.0 Å². The molecule has 0 aromatic carbocycles. The van der Waals surface area contributed by atoms with Gasteiger partial charge in [-0.15, -0.1) is 66.8 Å². The van der Waals surface area contributed by atoms with Crippen LogP contribution in [-0.2, 0) is 22.9 Å². The van der Waals surface area contributed by atoms with E-state index in [1.54, 1.807) is 6.08 Å². The van der Waals surface area contributed by atoms with E-state index >= 15 is 0 Å². The first-order valence-electron chi connectivity index (χ1n) is 25.8. The van der Waals surface area contributed by atoms with Crippen molar-refractivity contribution in [2.24, 2.45) is 0 Å². The second-order valence-corrected chi connectivity index (χ2v) is 45.1. The van der Waals surface area contributed by atoms with Gasteiger partial charge in [0.05, 0.1) is 33.6 Å². The second kappa shape index (κ2) is 39.3. The number of aliphatic hydroxyl groups is 1. The van der Waals surface area contributed by atoms with Gasteiger partial charge in [-0.25, -0.2) is 0 Å². The van der Waals surface area contributed by atoms with Crippen LogP contribution in [0.2, 0.25) is 54.4 Å². The van der Waals surface area contributed by atoms with Crippen LogP contribution in [0.1, 0.15) is 146 Å². The molecule has 3 rings (SSSR count). The third-order valence-corrected chi connectivity index (χ3v) is 35.2. The maximum absolute atomic E-state index is 10.7. The number of aldehydes is 2. The van der Waals surface area contributed by atoms with Crippen molar-refractivity contribution in [3.05, 3.63) is 50.1 Å². The SMILES string of the molecule is C1CSCSC1.C=CC[C@@H](CC1SCCCS1)O[Si](C)(C)C(C)(C)C.C=CC[C@@H](CC=O)O[Si](C)(C)C(C)(C)C.C=CC[C@H](O)CC1SCCCS1.CC/C=C\C[C@@H](CC=O)O[Si](C)(C)C(C)(C)C. The van der Waals surface area contributed by atoms with Crippen LogP contribution in [0.5, 0.6) is 0 Å². The predicted molar refractivity (Wildman–Crippen MR) is 332 cm³/mol. The van der Waals surface area contributed by atoms with Crippen LogP contribution in [0.4, 0.5) is 0 Å². The number of thioether (sulfide) groups is 6. The lowest BCUT2D eigenvalue weighted by Crippen LogP contribution is -2.44. The molecule has 3 aliphatic heterocycles. The number of hydrogen-bond donors (Lipinski definition) is 1. The minimum Gasteiger partial charge on any atom is -0.414 e. The molecule has 0 radical (unpaired) electrons. The highest BCUT2D eigenvalue weighted by Gasteiger charge is 2.41. The third-order valence-electron chi connectivity index (χ3n) is 13.1. The first-order valence-corrected chi connectivity index (χ1v) is 41.0. The summed E-state index contributed by atoms with van der Waals surface area (Å²) in [5.74, 6) is 7.95. The highest BCUT2D eigenvalue weighted by Crippen LogP contribution is 2.42. The molecule has 0 spiro atoms. The minimum absolute atomic E-state index is 0.0147. The summed E-state index contributed by atoms with van der Waals surface area (Å²) in [7, 11) is -5.16. The molecule has 3 heterocycles. The van der Waals surface area contributed by atoms with Crippen molar-refractivity contribution in [2.75, 3.05) is 39.6 Å². The highest BCUT2D eigenvalue weighted by molar-refractivity contribution is 8.18. The summed E-state index contributed by atoms with van der Waals surface area (Å²) in [5.41, 5.74) is 0. The number of aliphatic hydroxyl groups excluding tert-OH is 1. The van der Waals surface area contributed by atoms with Crippen LogP contribution in [0.15, 0.2) is 50.1 Å². The molecule has 3 fully saturated rings. The lowest BCUT2D eigenvalue weighted by molar-refractivity contribution is -0.110. The average Bonchev–Trinajstić information content (AvgIpc) is 3.25. The van der Waals surface area contributed by atoms with Gasteiger partial charge in [0.15, 0.2) is 25.0 Å². The van der Waals surface area contributed by atoms with Crippen molar-refractivity contribution >= 4 is 108 Å². The molecule has 3 aliphatic rings. The van der Waals surface area contributed by atoms with Crippen molar-refractivity contribution in [1.29, 1.82) is 0 Å². The van der Waals surface area contributed by atoms with E-state index in [-0.39, 0.29) is 28.4 Å². The van der Waals surface area contributed by atoms with Gasteiger partial charge in [-0.05, 0) is 153 Å². The Morgan fingerprint density at radius 2 is 0.870 bits per heavy atom. The van der Waals surface area contributed by atoms with Gasteiger partial charge in [-0.3, -0.25) is 0 Å². The average molecular weight is 1130 g/mol. The van der Waals surface area contributed by atoms with Crippen LogP contribution in [-0.4, -0.2) is 116 Å². The van der Waals surface area contributed by atoms with Gasteiger partial charge >= 0.3 is 0 Å². The fourth-order valence-electron chi connectivity index (χ4n) is 5.87. The summed E-state index contributed by atoms with van der Waals surface area (Å²) in [6.45, 7) is 47.1. The van der Waals surface area contributed by atoms with Crippen molar-refractivity contribution < 1.29 is 28.0 Å². The molecule has 0 aromatic rings. The van der Waals surface area contributed by atoms with E-state index in [9.17, 15) is 14.7 Å². The molecule has 0 aliphatic carbocycles. The van der Waals surface area contributed by atoms with Crippen molar-refractivity contribution in [3.8, 4) is 0 Å². The van der Waals surface area contributed by atoms with E-state index in [2.05, 4.69) is 187 Å². The molecular weight excluding hydrogens is 1020 g/mol. The number of rotatable bonds is 23. The quantitative estimate of drug-likeness (QED) is 0.0601. The molecule has 0 amide bonds. The topological polar surface area (TPSA) is 82.1 Å². The van der Waals surface area contributed by atoms with Gasteiger partial charge in [-0.1, -0.05) is 99.6 Å². The molecule has 406 valence electrons. The summed E-state index contributed by atoms with van der Waals surface area (Å²) in [4.78, 5) is 21.2. The summed E-state index contributed by atoms with van der Waals surface area (Å²) >= 11 is 12.3. The van der Waals surface area contributed by atoms with Gasteiger partial charge < -0.3 is 28.0 Å². The summed E-state index contributed by atoms with van der Waals surface area (Å²) in [6.07, 6.45) is 23.6. The van der Waals surface area contributed by atoms with Crippen molar-refractivity contribution in [1.82, 2.24) is 0 Å². The zero-order chi connectivity index (χ0) is 53.2. The smallest absolute Gasteiger partial charge is 0.192 e. The molecule has 15 heteroatoms. The van der Waals surface area contributed by atoms with Crippen molar-refractivity contribution in [3.63, 3.8) is 0 Å². The van der Waals surface area contributed by atoms with Gasteiger partial charge in [0.2, 0.25) is 0 Å². The van der Waals surface area contributed by atoms with Crippen LogP contribution in [0, 0.1) is 0 Å². The number of carbonyl (C=O) groups is 2. The molecule has 0 saturated carbocycles. The first-order chi connectivity index (χ1) is 32.1. The predicted octanol–water partition coefficient (Wildman–Crippen LogP) is 17.7. The van der Waals surface area contributed by atoms with Crippen molar-refractivity contribution in [2.45, 2.75) is 234 Å². The monoisotopic (exact) mass is 1130 g/mol. The Bertz CT molecular complexity index is 1340. The maximum Gasteiger partial charge on any atom is 0.192 e. The number of allylic oxidation sites excluding steroid dienone is 1. The molecule has 1 N–H and O–H groups in total. The number of hydrogen-bond acceptors (Lipinski definition) is 12. The lowest BCUT2D eigenvalue weighted by Gasteiger charge is -2.40. The third kappa shape index (κ3) is 35.7. The van der Waals surface area contributed by atoms with Crippen LogP contribution in [0.3, 0.4) is 0 Å². The Balaban J connectivity index is 0. The van der Waals surface area contributed by atoms with Crippen LogP contribution < -0.4 is 0 Å². The molecule has 69 heavy (non-hydrogen) atoms. The molecule has 0 unspecified atom stereocenters. The Labute approximate surface area is 456 Å². The van der Waals surface area contributed by atoms with E-state index in [1.807, 2.05) is 35.7 Å². The molecule has 6 nitrogen and oxygen atoms in total. The Morgan fingerprint density at radius 3 is 1.19 bits per heavy atom. The van der Waals surface area contributed by atoms with Gasteiger partial charge in [0.25, 0.3) is 0 Å². The van der Waals surface area contributed by atoms with Crippen LogP contribution >= 0.6 is 70.6 Å². The van der Waals surface area contributed by atoms with Gasteiger partial charge in [-0.2, -0.15) is 23.5 Å². The molecule has 3 saturated heterocycles. The maximum atomic E-state index is 10.7. The van der Waals surface area contributed by atoms with E-state index in [1.165, 1.54) is 65.3 Å². The summed E-state index contributed by atoms with van der Waals surface area (Å²) in [5, 5.41) is 11.5. The normalized spacial score (nSPS) is 18.4. The Morgan fingerprint density at radius 1 is 0.522 bits per heavy atom. The minimum atomic E-state index is -1.76. The zero-order valence-electron chi connectivity index (χ0n) is 47.0. The highest BCUT2D eigenvalue weighted by atomic mass is 32.2. The standard InChI is InChI=1S/C15H30OS2Si.C14H28O2Si.C12H24O2Si.C9H16OS2.C4H8S2/c1-7-9-13(12-14-17-10-8-11-18-14)16-19(5,6)15(2,3)4;1-7-8-9-10-13(11-12-15)16-17(5,6)14(2,3)4;1-7-8-11(9-10-13)14-15(5,6)12(2,3)4;1-2-4-8(10)7-9-11-5-3-6-12-9;1-2-5-4-6-3-1/h7,13-14H,1,8-12H2,2-6H3;8-9,12-13H,7,10-11H2,1-6H3;7,10-11H,1,8-9H2,2-6H3;2,8-10H,1,3-7H2;1-4H2/b;9-8-;;;/t2*13-;11-;8-;/m0000./s1. The second-order valence-electron chi connectivity index (χ2n) is 22.5.